The number of benzene rings is 1. The number of carboxylic acid groups (broad SMARTS) is 1. The monoisotopic (exact) mass is 344 g/mol. The summed E-state index contributed by atoms with van der Waals surface area (Å²) < 4.78 is 30.0. The molecule has 0 amide bonds. The Bertz CT molecular complexity index is 913. The minimum Gasteiger partial charge on any atom is -0.477 e. The van der Waals surface area contributed by atoms with Gasteiger partial charge in [0.2, 0.25) is 5.43 Å². The molecule has 0 fully saturated rings. The van der Waals surface area contributed by atoms with Gasteiger partial charge in [-0.25, -0.2) is 13.6 Å². The third kappa shape index (κ3) is 1.80. The fraction of sp³-hybridized carbons (Fsp3) is 0.231. The number of hydrogen-bond donors (Lipinski definition) is 2. The van der Waals surface area contributed by atoms with Gasteiger partial charge in [0.15, 0.2) is 11.6 Å². The summed E-state index contributed by atoms with van der Waals surface area (Å²) in [7, 11) is 1.92. The van der Waals surface area contributed by atoms with Gasteiger partial charge in [0.25, 0.3) is 0 Å². The first-order chi connectivity index (χ1) is 10.3. The van der Waals surface area contributed by atoms with Crippen LogP contribution in [-0.4, -0.2) is 21.4 Å². The molecule has 116 valence electrons. The van der Waals surface area contributed by atoms with E-state index in [1.54, 1.807) is 6.92 Å². The number of aromatic carboxylic acids is 1. The minimum atomic E-state index is -1.44. The molecule has 2 unspecified atom stereocenters. The summed E-state index contributed by atoms with van der Waals surface area (Å²) >= 11 is 1.16. The molecule has 1 aromatic heterocycles. The lowest BCUT2D eigenvalue weighted by Crippen LogP contribution is -2.25. The van der Waals surface area contributed by atoms with Crippen molar-refractivity contribution in [2.24, 2.45) is 0 Å². The van der Waals surface area contributed by atoms with Crippen molar-refractivity contribution in [1.29, 1.82) is 0 Å². The summed E-state index contributed by atoms with van der Waals surface area (Å²) in [5.41, 5.74) is 3.49. The molecule has 0 saturated heterocycles. The van der Waals surface area contributed by atoms with Gasteiger partial charge in [-0.2, -0.15) is 0 Å². The van der Waals surface area contributed by atoms with Crippen LogP contribution in [0.4, 0.5) is 14.5 Å². The molecule has 0 radical (unpaired) electrons. The first kappa shape index (κ1) is 15.2. The fourth-order valence-corrected chi connectivity index (χ4v) is 4.22. The molecule has 2 aromatic rings. The van der Waals surface area contributed by atoms with E-state index in [0.29, 0.717) is 5.75 Å². The quantitative estimate of drug-likeness (QED) is 0.608. The lowest BCUT2D eigenvalue weighted by molar-refractivity contribution is 0.0690. The molecule has 1 aliphatic heterocycles. The first-order valence-electron chi connectivity index (χ1n) is 6.27. The Labute approximate surface area is 129 Å². The summed E-state index contributed by atoms with van der Waals surface area (Å²) in [6.07, 6.45) is 0. The molecule has 1 aliphatic rings. The summed E-state index contributed by atoms with van der Waals surface area (Å²) in [6, 6.07) is -0.245. The molecule has 0 saturated carbocycles. The minimum absolute atomic E-state index is 0.147. The maximum absolute atomic E-state index is 14.5. The number of rotatable bonds is 1. The van der Waals surface area contributed by atoms with Crippen LogP contribution in [0.1, 0.15) is 23.3 Å². The van der Waals surface area contributed by atoms with Crippen molar-refractivity contribution in [3.63, 3.8) is 0 Å². The van der Waals surface area contributed by atoms with Gasteiger partial charge in [-0.1, -0.05) is 9.24 Å². The number of nitrogens with two attached hydrogens (primary N) is 1. The molecule has 9 heteroatoms. The zero-order valence-corrected chi connectivity index (χ0v) is 13.3. The Kier molecular flexibility index (Phi) is 3.41. The number of pyridine rings is 1. The molecular formula is C13H11F2N2O3PS. The van der Waals surface area contributed by atoms with Crippen molar-refractivity contribution in [2.45, 2.75) is 18.0 Å². The predicted molar refractivity (Wildman–Crippen MR) is 84.3 cm³/mol. The van der Waals surface area contributed by atoms with Gasteiger partial charge in [0.05, 0.1) is 21.6 Å². The first-order valence-corrected chi connectivity index (χ1v) is 7.83. The number of hydrogen-bond acceptors (Lipinski definition) is 4. The van der Waals surface area contributed by atoms with Crippen LogP contribution in [0.2, 0.25) is 0 Å². The van der Waals surface area contributed by atoms with E-state index < -0.39 is 39.7 Å². The maximum Gasteiger partial charge on any atom is 0.342 e. The second-order valence-corrected chi connectivity index (χ2v) is 6.61. The van der Waals surface area contributed by atoms with E-state index in [0.717, 1.165) is 11.8 Å². The van der Waals surface area contributed by atoms with Crippen molar-refractivity contribution >= 4 is 48.9 Å². The molecule has 0 aliphatic carbocycles. The number of anilines is 1. The average molecular weight is 344 g/mol. The zero-order valence-electron chi connectivity index (χ0n) is 11.3. The molecule has 2 atom stereocenters. The van der Waals surface area contributed by atoms with Gasteiger partial charge in [0, 0.05) is 17.1 Å². The summed E-state index contributed by atoms with van der Waals surface area (Å²) in [6.45, 7) is 1.76. The summed E-state index contributed by atoms with van der Waals surface area (Å²) in [4.78, 5) is 23.9. The highest BCUT2D eigenvalue weighted by molar-refractivity contribution is 7.99. The third-order valence-corrected chi connectivity index (χ3v) is 5.50. The smallest absolute Gasteiger partial charge is 0.342 e. The van der Waals surface area contributed by atoms with E-state index in [9.17, 15) is 23.5 Å². The van der Waals surface area contributed by atoms with Crippen molar-refractivity contribution in [3.8, 4) is 0 Å². The fourth-order valence-electron chi connectivity index (χ4n) is 2.64. The van der Waals surface area contributed by atoms with E-state index in [1.165, 1.54) is 4.57 Å². The number of thioether (sulfide) groups is 1. The third-order valence-electron chi connectivity index (χ3n) is 3.67. The summed E-state index contributed by atoms with van der Waals surface area (Å²) in [5, 5.41) is 8.68. The second kappa shape index (κ2) is 4.93. The van der Waals surface area contributed by atoms with Gasteiger partial charge in [-0.15, -0.1) is 11.8 Å². The van der Waals surface area contributed by atoms with Crippen molar-refractivity contribution < 1.29 is 18.7 Å². The summed E-state index contributed by atoms with van der Waals surface area (Å²) in [5.74, 6) is -2.94. The predicted octanol–water partition coefficient (Wildman–Crippen LogP) is 1.73. The number of carbonyl (C=O) groups is 1. The largest absolute Gasteiger partial charge is 0.477 e. The van der Waals surface area contributed by atoms with E-state index in [4.69, 9.17) is 5.73 Å². The Morgan fingerprint density at radius 3 is 2.68 bits per heavy atom. The highest BCUT2D eigenvalue weighted by Gasteiger charge is 2.33. The normalized spacial score (nSPS) is 17.0. The second-order valence-electron chi connectivity index (χ2n) is 5.02. The number of fused-ring (bicyclic) bond motifs is 3. The van der Waals surface area contributed by atoms with Gasteiger partial charge in [0.1, 0.15) is 5.56 Å². The van der Waals surface area contributed by atoms with E-state index in [1.807, 2.05) is 9.24 Å². The number of aromatic nitrogens is 1. The van der Waals surface area contributed by atoms with Gasteiger partial charge < -0.3 is 15.4 Å². The molecule has 1 aromatic carbocycles. The van der Waals surface area contributed by atoms with E-state index >= 15 is 0 Å². The number of nitrogens with zero attached hydrogens (tertiary/aromatic N) is 1. The van der Waals surface area contributed by atoms with Crippen LogP contribution in [0.3, 0.4) is 0 Å². The van der Waals surface area contributed by atoms with Crippen LogP contribution < -0.4 is 16.5 Å². The molecule has 5 nitrogen and oxygen atoms in total. The SMILES string of the molecule is CC1CSc2c(C(=O)O)c(=O)c3c(N)c(F)c(P)c(F)c3n21. The number of halogens is 2. The van der Waals surface area contributed by atoms with Crippen molar-refractivity contribution in [2.75, 3.05) is 11.5 Å². The Balaban J connectivity index is 2.70. The molecule has 3 N–H and O–H groups in total. The van der Waals surface area contributed by atoms with E-state index in [-0.39, 0.29) is 21.9 Å². The Morgan fingerprint density at radius 2 is 2.09 bits per heavy atom. The Morgan fingerprint density at radius 1 is 1.45 bits per heavy atom. The van der Waals surface area contributed by atoms with Gasteiger partial charge in [-0.05, 0) is 6.92 Å². The van der Waals surface area contributed by atoms with Crippen LogP contribution in [-0.2, 0) is 0 Å². The molecule has 22 heavy (non-hydrogen) atoms. The molecule has 3 rings (SSSR count). The van der Waals surface area contributed by atoms with Crippen LogP contribution in [0.25, 0.3) is 10.9 Å². The Hall–Kier alpha value is -1.66. The lowest BCUT2D eigenvalue weighted by atomic mass is 10.1. The zero-order chi connectivity index (χ0) is 16.3. The maximum atomic E-state index is 14.5. The van der Waals surface area contributed by atoms with Crippen molar-refractivity contribution in [1.82, 2.24) is 4.57 Å². The lowest BCUT2D eigenvalue weighted by Gasteiger charge is -2.18. The number of nitrogen functional groups attached to an aromatic ring is 1. The van der Waals surface area contributed by atoms with Gasteiger partial charge in [-0.3, -0.25) is 4.79 Å². The topological polar surface area (TPSA) is 85.3 Å². The highest BCUT2D eigenvalue weighted by atomic mass is 32.2. The number of carboxylic acids is 1. The molecule has 2 heterocycles. The average Bonchev–Trinajstić information content (AvgIpc) is 2.82. The molecule has 0 spiro atoms. The highest BCUT2D eigenvalue weighted by Crippen LogP contribution is 2.39. The molecule has 0 bridgehead atoms. The standard InChI is InChI=1S/C13H11F2N2O3PS/c1-3-2-22-12-5(13(19)20)10(18)4-8(16)6(14)11(21)7(15)9(4)17(3)12/h3H,2,16,21H2,1H3,(H,19,20). The van der Waals surface area contributed by atoms with Crippen LogP contribution in [0.15, 0.2) is 9.82 Å². The van der Waals surface area contributed by atoms with E-state index in [2.05, 4.69) is 0 Å². The van der Waals surface area contributed by atoms with Crippen LogP contribution in [0, 0.1) is 11.6 Å². The molecular weight excluding hydrogens is 333 g/mol. The van der Waals surface area contributed by atoms with Gasteiger partial charge >= 0.3 is 5.97 Å². The van der Waals surface area contributed by atoms with Crippen LogP contribution >= 0.6 is 21.0 Å². The van der Waals surface area contributed by atoms with Crippen LogP contribution in [0.5, 0.6) is 0 Å². The van der Waals surface area contributed by atoms with Crippen molar-refractivity contribution in [3.05, 3.63) is 27.4 Å².